The number of nitrogens with zero attached hydrogens (tertiary/aromatic N) is 1. The zero-order chi connectivity index (χ0) is 24.8. The number of carbonyl (C=O) groups is 1. The van der Waals surface area contributed by atoms with Crippen LogP contribution in [0.2, 0.25) is 0 Å². The average Bonchev–Trinajstić information content (AvgIpc) is 2.88. The summed E-state index contributed by atoms with van der Waals surface area (Å²) in [6.45, 7) is 0.121. The summed E-state index contributed by atoms with van der Waals surface area (Å²) < 4.78 is 50.7. The Balaban J connectivity index is 1.53. The zero-order valence-electron chi connectivity index (χ0n) is 18.5. The van der Waals surface area contributed by atoms with Gasteiger partial charge in [-0.15, -0.1) is 0 Å². The lowest BCUT2D eigenvalue weighted by molar-refractivity contribution is -0.147. The van der Waals surface area contributed by atoms with Crippen LogP contribution in [0.5, 0.6) is 0 Å². The topological polar surface area (TPSA) is 80.7 Å². The Morgan fingerprint density at radius 2 is 1.80 bits per heavy atom. The molecule has 4 rings (SSSR count). The van der Waals surface area contributed by atoms with Gasteiger partial charge in [-0.25, -0.2) is 0 Å². The van der Waals surface area contributed by atoms with E-state index in [1.807, 2.05) is 12.1 Å². The molecule has 1 aromatic heterocycles. The van der Waals surface area contributed by atoms with E-state index >= 15 is 0 Å². The molecule has 0 unspecified atom stereocenters. The van der Waals surface area contributed by atoms with Crippen molar-refractivity contribution in [2.45, 2.75) is 38.0 Å². The number of aromatic nitrogens is 1. The number of rotatable bonds is 7. The Hall–Kier alpha value is -3.69. The van der Waals surface area contributed by atoms with Crippen LogP contribution in [0.25, 0.3) is 0 Å². The number of ether oxygens (including phenoxy) is 2. The molecule has 2 aromatic carbocycles. The van der Waals surface area contributed by atoms with Crippen molar-refractivity contribution in [2.24, 2.45) is 0 Å². The first-order chi connectivity index (χ1) is 16.8. The molecule has 6 nitrogen and oxygen atoms in total. The summed E-state index contributed by atoms with van der Waals surface area (Å²) in [5.74, 6) is -0.913. The summed E-state index contributed by atoms with van der Waals surface area (Å²) in [5.41, 5.74) is 1.94. The maximum absolute atomic E-state index is 13.0. The molecular weight excluding hydrogens is 461 g/mol. The number of allylic oxidation sites excluding steroid dienone is 1. The van der Waals surface area contributed by atoms with Crippen molar-refractivity contribution < 1.29 is 32.5 Å². The first kappa shape index (κ1) is 24.4. The molecule has 2 N–H and O–H groups in total. The van der Waals surface area contributed by atoms with Crippen molar-refractivity contribution in [3.8, 4) is 0 Å². The number of nitrogens with one attached hydrogen (secondary N) is 1. The monoisotopic (exact) mass is 484 g/mol. The zero-order valence-corrected chi connectivity index (χ0v) is 18.5. The number of aliphatic hydroxyl groups excluding tert-OH is 1. The van der Waals surface area contributed by atoms with Crippen LogP contribution in [-0.2, 0) is 33.7 Å². The number of benzene rings is 2. The van der Waals surface area contributed by atoms with Gasteiger partial charge in [0.1, 0.15) is 0 Å². The standard InChI is InChI=1S/C26H23F3N2O4/c27-26(28,29)21-9-7-19(8-10-21)20-12-23(25(33)31-22-2-1-11-30-14-22)35-24(13-20)34-16-18-5-3-17(15-32)4-6-18/h1-12,14,20,24,32H,13,15-16H2,(H,31,33)/t20-,24+/m1/s1. The minimum atomic E-state index is -4.43. The van der Waals surface area contributed by atoms with E-state index in [1.54, 1.807) is 36.5 Å². The molecule has 2 heterocycles. The van der Waals surface area contributed by atoms with Crippen LogP contribution >= 0.6 is 0 Å². The van der Waals surface area contributed by atoms with Crippen LogP contribution in [0, 0.1) is 0 Å². The normalized spacial score (nSPS) is 17.9. The maximum atomic E-state index is 13.0. The third kappa shape index (κ3) is 6.46. The number of amides is 1. The van der Waals surface area contributed by atoms with E-state index in [2.05, 4.69) is 10.3 Å². The molecule has 0 spiro atoms. The molecule has 0 bridgehead atoms. The van der Waals surface area contributed by atoms with Gasteiger partial charge in [0, 0.05) is 18.5 Å². The lowest BCUT2D eigenvalue weighted by Gasteiger charge is -2.29. The smallest absolute Gasteiger partial charge is 0.416 e. The highest BCUT2D eigenvalue weighted by Gasteiger charge is 2.32. The molecule has 0 saturated carbocycles. The molecule has 0 saturated heterocycles. The van der Waals surface area contributed by atoms with E-state index < -0.39 is 29.9 Å². The number of halogens is 3. The predicted octanol–water partition coefficient (Wildman–Crippen LogP) is 5.16. The molecule has 35 heavy (non-hydrogen) atoms. The number of pyridine rings is 1. The third-order valence-corrected chi connectivity index (χ3v) is 5.51. The number of hydrogen-bond donors (Lipinski definition) is 2. The molecule has 182 valence electrons. The number of hydrogen-bond acceptors (Lipinski definition) is 5. The largest absolute Gasteiger partial charge is 0.459 e. The Morgan fingerprint density at radius 3 is 2.43 bits per heavy atom. The summed E-state index contributed by atoms with van der Waals surface area (Å²) in [4.78, 5) is 16.8. The SMILES string of the molecule is O=C(Nc1cccnc1)C1=C[C@@H](c2ccc(C(F)(F)F)cc2)C[C@@H](OCc2ccc(CO)cc2)O1. The van der Waals surface area contributed by atoms with E-state index in [0.29, 0.717) is 17.7 Å². The predicted molar refractivity (Wildman–Crippen MR) is 122 cm³/mol. The number of anilines is 1. The second-order valence-electron chi connectivity index (χ2n) is 8.02. The van der Waals surface area contributed by atoms with Gasteiger partial charge in [0.05, 0.1) is 30.7 Å². The molecule has 0 radical (unpaired) electrons. The van der Waals surface area contributed by atoms with E-state index in [0.717, 1.165) is 23.3 Å². The molecule has 1 amide bonds. The number of carbonyl (C=O) groups excluding carboxylic acids is 1. The third-order valence-electron chi connectivity index (χ3n) is 5.51. The Kier molecular flexibility index (Phi) is 7.48. The first-order valence-electron chi connectivity index (χ1n) is 10.9. The molecule has 0 fully saturated rings. The minimum absolute atomic E-state index is 0.00521. The van der Waals surface area contributed by atoms with Crippen LogP contribution in [0.15, 0.2) is 84.9 Å². The Bertz CT molecular complexity index is 1160. The molecule has 2 atom stereocenters. The molecule has 0 aliphatic carbocycles. The van der Waals surface area contributed by atoms with E-state index in [-0.39, 0.29) is 19.0 Å². The van der Waals surface area contributed by atoms with Gasteiger partial charge < -0.3 is 19.9 Å². The van der Waals surface area contributed by atoms with Crippen molar-refractivity contribution in [3.05, 3.63) is 107 Å². The van der Waals surface area contributed by atoms with Crippen molar-refractivity contribution in [2.75, 3.05) is 5.32 Å². The lowest BCUT2D eigenvalue weighted by atomic mass is 9.92. The van der Waals surface area contributed by atoms with Gasteiger partial charge in [0.15, 0.2) is 5.76 Å². The summed E-state index contributed by atoms with van der Waals surface area (Å²) in [5, 5.41) is 11.9. The van der Waals surface area contributed by atoms with E-state index in [9.17, 15) is 23.1 Å². The average molecular weight is 484 g/mol. The number of alkyl halides is 3. The maximum Gasteiger partial charge on any atom is 0.416 e. The van der Waals surface area contributed by atoms with Crippen LogP contribution in [-0.4, -0.2) is 22.3 Å². The van der Waals surface area contributed by atoms with Gasteiger partial charge in [0.2, 0.25) is 6.29 Å². The van der Waals surface area contributed by atoms with E-state index in [1.165, 1.54) is 18.3 Å². The van der Waals surface area contributed by atoms with Gasteiger partial charge in [0.25, 0.3) is 5.91 Å². The van der Waals surface area contributed by atoms with Crippen molar-refractivity contribution in [3.63, 3.8) is 0 Å². The van der Waals surface area contributed by atoms with Gasteiger partial charge >= 0.3 is 6.18 Å². The highest BCUT2D eigenvalue weighted by atomic mass is 19.4. The lowest BCUT2D eigenvalue weighted by Crippen LogP contribution is -2.29. The van der Waals surface area contributed by atoms with Crippen LogP contribution in [0.3, 0.4) is 0 Å². The molecular formula is C26H23F3N2O4. The van der Waals surface area contributed by atoms with Crippen molar-refractivity contribution >= 4 is 11.6 Å². The minimum Gasteiger partial charge on any atom is -0.459 e. The molecule has 1 aliphatic rings. The van der Waals surface area contributed by atoms with Crippen LogP contribution in [0.1, 0.15) is 34.6 Å². The summed E-state index contributed by atoms with van der Waals surface area (Å²) in [6.07, 6.45) is -0.286. The molecule has 1 aliphatic heterocycles. The summed E-state index contributed by atoms with van der Waals surface area (Å²) in [6, 6.07) is 15.4. The van der Waals surface area contributed by atoms with Crippen LogP contribution < -0.4 is 5.32 Å². The van der Waals surface area contributed by atoms with Gasteiger partial charge in [-0.1, -0.05) is 36.4 Å². The fraction of sp³-hybridized carbons (Fsp3) is 0.231. The number of aliphatic hydroxyl groups is 1. The Morgan fingerprint density at radius 1 is 1.09 bits per heavy atom. The van der Waals surface area contributed by atoms with Gasteiger partial charge in [-0.3, -0.25) is 9.78 Å². The second kappa shape index (κ2) is 10.7. The highest BCUT2D eigenvalue weighted by molar-refractivity contribution is 6.02. The molecule has 9 heteroatoms. The highest BCUT2D eigenvalue weighted by Crippen LogP contribution is 2.35. The van der Waals surface area contributed by atoms with Gasteiger partial charge in [-0.05, 0) is 47.0 Å². The van der Waals surface area contributed by atoms with Gasteiger partial charge in [-0.2, -0.15) is 13.2 Å². The molecule has 3 aromatic rings. The van der Waals surface area contributed by atoms with Crippen molar-refractivity contribution in [1.82, 2.24) is 4.98 Å². The fourth-order valence-electron chi connectivity index (χ4n) is 3.63. The fourth-order valence-corrected chi connectivity index (χ4v) is 3.63. The quantitative estimate of drug-likeness (QED) is 0.484. The Labute approximate surface area is 200 Å². The van der Waals surface area contributed by atoms with Crippen LogP contribution in [0.4, 0.5) is 18.9 Å². The second-order valence-corrected chi connectivity index (χ2v) is 8.02. The van der Waals surface area contributed by atoms with E-state index in [4.69, 9.17) is 9.47 Å². The summed E-state index contributed by atoms with van der Waals surface area (Å²) >= 11 is 0. The first-order valence-corrected chi connectivity index (χ1v) is 10.9. The van der Waals surface area contributed by atoms with Crippen molar-refractivity contribution in [1.29, 1.82) is 0 Å². The summed E-state index contributed by atoms with van der Waals surface area (Å²) in [7, 11) is 0.